The van der Waals surface area contributed by atoms with Crippen LogP contribution in [0.15, 0.2) is 47.6 Å². The Bertz CT molecular complexity index is 744. The summed E-state index contributed by atoms with van der Waals surface area (Å²) in [7, 11) is 1.61. The molecule has 3 N–H and O–H groups in total. The highest BCUT2D eigenvalue weighted by Gasteiger charge is 2.30. The fourth-order valence-electron chi connectivity index (χ4n) is 2.22. The Labute approximate surface area is 154 Å². The molecule has 9 heteroatoms. The van der Waals surface area contributed by atoms with E-state index < -0.39 is 11.7 Å². The first-order valence-electron chi connectivity index (χ1n) is 8.35. The van der Waals surface area contributed by atoms with Crippen LogP contribution in [0.4, 0.5) is 23.4 Å². The SMILES string of the molecule is CN=C(NCCCNc1ccc(C(F)(F)F)cn1)NCc1ccccc1F. The zero-order valence-electron chi connectivity index (χ0n) is 14.8. The van der Waals surface area contributed by atoms with Gasteiger partial charge in [0, 0.05) is 38.4 Å². The molecule has 27 heavy (non-hydrogen) atoms. The summed E-state index contributed by atoms with van der Waals surface area (Å²) in [6.07, 6.45) is -2.90. The van der Waals surface area contributed by atoms with Crippen LogP contribution in [-0.2, 0) is 12.7 Å². The van der Waals surface area contributed by atoms with Crippen LogP contribution in [0.2, 0.25) is 0 Å². The highest BCUT2D eigenvalue weighted by Crippen LogP contribution is 2.28. The molecule has 0 aliphatic rings. The van der Waals surface area contributed by atoms with Crippen LogP contribution in [0.5, 0.6) is 0 Å². The Morgan fingerprint density at radius 1 is 1.07 bits per heavy atom. The van der Waals surface area contributed by atoms with Gasteiger partial charge in [0.2, 0.25) is 0 Å². The van der Waals surface area contributed by atoms with Gasteiger partial charge < -0.3 is 16.0 Å². The van der Waals surface area contributed by atoms with Crippen LogP contribution >= 0.6 is 0 Å². The Morgan fingerprint density at radius 3 is 2.48 bits per heavy atom. The molecule has 0 bridgehead atoms. The lowest BCUT2D eigenvalue weighted by Crippen LogP contribution is -2.37. The van der Waals surface area contributed by atoms with Crippen molar-refractivity contribution in [2.75, 3.05) is 25.5 Å². The smallest absolute Gasteiger partial charge is 0.370 e. The molecular weight excluding hydrogens is 362 g/mol. The van der Waals surface area contributed by atoms with Gasteiger partial charge in [-0.25, -0.2) is 9.37 Å². The number of aliphatic imine (C=N–C) groups is 1. The summed E-state index contributed by atoms with van der Waals surface area (Å²) in [5.74, 6) is 0.629. The van der Waals surface area contributed by atoms with E-state index >= 15 is 0 Å². The number of aromatic nitrogens is 1. The summed E-state index contributed by atoms with van der Waals surface area (Å²) in [6.45, 7) is 1.40. The normalized spacial score (nSPS) is 12.0. The molecule has 2 aromatic rings. The number of pyridine rings is 1. The van der Waals surface area contributed by atoms with Crippen molar-refractivity contribution in [2.24, 2.45) is 4.99 Å². The number of nitrogens with zero attached hydrogens (tertiary/aromatic N) is 2. The predicted molar refractivity (Wildman–Crippen MR) is 96.9 cm³/mol. The first-order valence-corrected chi connectivity index (χ1v) is 8.35. The van der Waals surface area contributed by atoms with Crippen molar-refractivity contribution in [3.05, 3.63) is 59.5 Å². The van der Waals surface area contributed by atoms with Crippen molar-refractivity contribution in [1.29, 1.82) is 0 Å². The quantitative estimate of drug-likeness (QED) is 0.297. The fourth-order valence-corrected chi connectivity index (χ4v) is 2.22. The van der Waals surface area contributed by atoms with E-state index in [1.807, 2.05) is 0 Å². The minimum atomic E-state index is -4.39. The molecule has 0 spiro atoms. The Balaban J connectivity index is 1.67. The van der Waals surface area contributed by atoms with Crippen LogP contribution in [0.3, 0.4) is 0 Å². The molecule has 1 heterocycles. The van der Waals surface area contributed by atoms with E-state index in [4.69, 9.17) is 0 Å². The summed E-state index contributed by atoms with van der Waals surface area (Å²) in [5.41, 5.74) is -0.241. The van der Waals surface area contributed by atoms with E-state index in [0.29, 0.717) is 43.4 Å². The average Bonchev–Trinajstić information content (AvgIpc) is 2.65. The number of rotatable bonds is 7. The van der Waals surface area contributed by atoms with Gasteiger partial charge in [0.25, 0.3) is 0 Å². The second-order valence-electron chi connectivity index (χ2n) is 5.65. The van der Waals surface area contributed by atoms with Gasteiger partial charge in [0.1, 0.15) is 11.6 Å². The van der Waals surface area contributed by atoms with Gasteiger partial charge in [-0.3, -0.25) is 4.99 Å². The number of alkyl halides is 3. The summed E-state index contributed by atoms with van der Waals surface area (Å²) in [5, 5.41) is 9.05. The Hall–Kier alpha value is -2.84. The minimum Gasteiger partial charge on any atom is -0.370 e. The molecule has 0 amide bonds. The molecule has 2 rings (SSSR count). The molecule has 0 radical (unpaired) electrons. The number of hydrogen-bond acceptors (Lipinski definition) is 3. The summed E-state index contributed by atoms with van der Waals surface area (Å²) in [6, 6.07) is 8.76. The van der Waals surface area contributed by atoms with E-state index in [1.54, 1.807) is 25.2 Å². The first kappa shape index (κ1) is 20.5. The third-order valence-corrected chi connectivity index (χ3v) is 3.67. The lowest BCUT2D eigenvalue weighted by Gasteiger charge is -2.13. The summed E-state index contributed by atoms with van der Waals surface area (Å²) >= 11 is 0. The van der Waals surface area contributed by atoms with Gasteiger partial charge >= 0.3 is 6.18 Å². The van der Waals surface area contributed by atoms with Crippen LogP contribution < -0.4 is 16.0 Å². The van der Waals surface area contributed by atoms with Crippen molar-refractivity contribution in [1.82, 2.24) is 15.6 Å². The number of guanidine groups is 1. The second kappa shape index (κ2) is 9.75. The Kier molecular flexibility index (Phi) is 7.39. The standard InChI is InChI=1S/C18H21F4N5/c1-23-17(27-11-13-5-2-3-6-15(13)19)25-10-4-9-24-16-8-7-14(12-26-16)18(20,21)22/h2-3,5-8,12H,4,9-11H2,1H3,(H,24,26)(H2,23,25,27). The van der Waals surface area contributed by atoms with Gasteiger partial charge in [-0.05, 0) is 24.6 Å². The molecule has 1 aromatic carbocycles. The van der Waals surface area contributed by atoms with Gasteiger partial charge in [-0.2, -0.15) is 13.2 Å². The van der Waals surface area contributed by atoms with Crippen molar-refractivity contribution in [3.63, 3.8) is 0 Å². The van der Waals surface area contributed by atoms with Gasteiger partial charge in [-0.1, -0.05) is 18.2 Å². The number of nitrogens with one attached hydrogen (secondary N) is 3. The maximum atomic E-state index is 13.6. The topological polar surface area (TPSA) is 61.3 Å². The summed E-state index contributed by atoms with van der Waals surface area (Å²) in [4.78, 5) is 7.80. The number of benzene rings is 1. The fraction of sp³-hybridized carbons (Fsp3) is 0.333. The van der Waals surface area contributed by atoms with Crippen molar-refractivity contribution in [2.45, 2.75) is 19.1 Å². The first-order chi connectivity index (χ1) is 12.9. The molecular formula is C18H21F4N5. The molecule has 0 fully saturated rings. The van der Waals surface area contributed by atoms with E-state index in [0.717, 1.165) is 12.3 Å². The Morgan fingerprint density at radius 2 is 1.85 bits per heavy atom. The highest BCUT2D eigenvalue weighted by molar-refractivity contribution is 5.79. The molecule has 0 unspecified atom stereocenters. The van der Waals surface area contributed by atoms with E-state index in [2.05, 4.69) is 25.9 Å². The van der Waals surface area contributed by atoms with Crippen molar-refractivity contribution < 1.29 is 17.6 Å². The number of halogens is 4. The zero-order valence-corrected chi connectivity index (χ0v) is 14.8. The minimum absolute atomic E-state index is 0.284. The van der Waals surface area contributed by atoms with Crippen molar-refractivity contribution >= 4 is 11.8 Å². The van der Waals surface area contributed by atoms with Crippen LogP contribution in [0.1, 0.15) is 17.5 Å². The van der Waals surface area contributed by atoms with E-state index in [1.165, 1.54) is 12.1 Å². The summed E-state index contributed by atoms with van der Waals surface area (Å²) < 4.78 is 51.0. The van der Waals surface area contributed by atoms with Gasteiger partial charge in [-0.15, -0.1) is 0 Å². The highest BCUT2D eigenvalue weighted by atomic mass is 19.4. The van der Waals surface area contributed by atoms with Crippen molar-refractivity contribution in [3.8, 4) is 0 Å². The van der Waals surface area contributed by atoms with Crippen LogP contribution in [-0.4, -0.2) is 31.1 Å². The van der Waals surface area contributed by atoms with Gasteiger partial charge in [0.05, 0.1) is 5.56 Å². The van der Waals surface area contributed by atoms with Crippen LogP contribution in [0.25, 0.3) is 0 Å². The third kappa shape index (κ3) is 6.76. The van der Waals surface area contributed by atoms with Gasteiger partial charge in [0.15, 0.2) is 5.96 Å². The molecule has 0 saturated heterocycles. The lowest BCUT2D eigenvalue weighted by atomic mass is 10.2. The molecule has 0 aliphatic heterocycles. The van der Waals surface area contributed by atoms with E-state index in [-0.39, 0.29) is 5.82 Å². The average molecular weight is 383 g/mol. The lowest BCUT2D eigenvalue weighted by molar-refractivity contribution is -0.137. The largest absolute Gasteiger partial charge is 0.417 e. The maximum absolute atomic E-state index is 13.6. The third-order valence-electron chi connectivity index (χ3n) is 3.67. The monoisotopic (exact) mass is 383 g/mol. The number of anilines is 1. The molecule has 5 nitrogen and oxygen atoms in total. The van der Waals surface area contributed by atoms with E-state index in [9.17, 15) is 17.6 Å². The molecule has 146 valence electrons. The molecule has 0 aliphatic carbocycles. The molecule has 0 atom stereocenters. The second-order valence-corrected chi connectivity index (χ2v) is 5.65. The molecule has 1 aromatic heterocycles. The molecule has 0 saturated carbocycles. The zero-order chi connectivity index (χ0) is 19.7. The maximum Gasteiger partial charge on any atom is 0.417 e. The predicted octanol–water partition coefficient (Wildman–Crippen LogP) is 3.41. The number of hydrogen-bond donors (Lipinski definition) is 3. The van der Waals surface area contributed by atoms with Crippen LogP contribution in [0, 0.1) is 5.82 Å².